The molecule has 1 N–H and O–H groups in total. The number of hydrogen-bond donors (Lipinski definition) is 1. The molecule has 1 fully saturated rings. The average Bonchev–Trinajstić information content (AvgIpc) is 2.47. The van der Waals surface area contributed by atoms with Gasteiger partial charge in [0.25, 0.3) is 5.91 Å². The summed E-state index contributed by atoms with van der Waals surface area (Å²) in [5.74, 6) is 0.511. The second kappa shape index (κ2) is 3.42. The summed E-state index contributed by atoms with van der Waals surface area (Å²) < 4.78 is 4.99. The van der Waals surface area contributed by atoms with Crippen molar-refractivity contribution in [1.29, 1.82) is 0 Å². The number of oxazole rings is 1. The van der Waals surface area contributed by atoms with Crippen LogP contribution in [0.4, 0.5) is 0 Å². The Hall–Kier alpha value is -1.36. The van der Waals surface area contributed by atoms with Crippen LogP contribution in [-0.2, 0) is 0 Å². The number of nitrogens with zero attached hydrogens (tertiary/aromatic N) is 2. The van der Waals surface area contributed by atoms with E-state index in [2.05, 4.69) is 10.3 Å². The predicted octanol–water partition coefficient (Wildman–Crippen LogP) is 0.0268. The van der Waals surface area contributed by atoms with Gasteiger partial charge in [0, 0.05) is 20.1 Å². The molecule has 0 spiro atoms. The van der Waals surface area contributed by atoms with Crippen LogP contribution in [0.25, 0.3) is 0 Å². The highest BCUT2D eigenvalue weighted by Crippen LogP contribution is 2.11. The summed E-state index contributed by atoms with van der Waals surface area (Å²) in [6, 6.07) is 0.290. The summed E-state index contributed by atoms with van der Waals surface area (Å²) in [6.45, 7) is 3.46. The third-order valence-electron chi connectivity index (χ3n) is 2.58. The largest absolute Gasteiger partial charge is 0.448 e. The highest BCUT2D eigenvalue weighted by atomic mass is 16.3. The van der Waals surface area contributed by atoms with Crippen molar-refractivity contribution in [3.8, 4) is 0 Å². The van der Waals surface area contributed by atoms with Crippen LogP contribution in [0, 0.1) is 6.92 Å². The molecule has 0 aliphatic carbocycles. The van der Waals surface area contributed by atoms with E-state index in [1.807, 2.05) is 0 Å². The van der Waals surface area contributed by atoms with E-state index in [0.29, 0.717) is 17.5 Å². The highest BCUT2D eigenvalue weighted by molar-refractivity contribution is 5.93. The molecule has 1 amide bonds. The van der Waals surface area contributed by atoms with Crippen LogP contribution in [0.5, 0.6) is 0 Å². The molecule has 0 aromatic carbocycles. The van der Waals surface area contributed by atoms with Gasteiger partial charge in [-0.1, -0.05) is 0 Å². The van der Waals surface area contributed by atoms with E-state index in [4.69, 9.17) is 4.42 Å². The minimum atomic E-state index is -0.0669. The lowest BCUT2D eigenvalue weighted by molar-refractivity contribution is 0.0674. The number of rotatable bonds is 2. The first-order valence-corrected chi connectivity index (χ1v) is 4.58. The van der Waals surface area contributed by atoms with Gasteiger partial charge in [-0.25, -0.2) is 4.98 Å². The van der Waals surface area contributed by atoms with E-state index in [1.165, 1.54) is 6.39 Å². The average molecular weight is 195 g/mol. The molecule has 5 heteroatoms. The Morgan fingerprint density at radius 2 is 2.43 bits per heavy atom. The summed E-state index contributed by atoms with van der Waals surface area (Å²) in [4.78, 5) is 17.4. The molecule has 1 aliphatic heterocycles. The van der Waals surface area contributed by atoms with Crippen LogP contribution in [0.3, 0.4) is 0 Å². The van der Waals surface area contributed by atoms with Crippen LogP contribution in [-0.4, -0.2) is 42.0 Å². The quantitative estimate of drug-likeness (QED) is 0.723. The molecular formula is C9H13N3O2. The summed E-state index contributed by atoms with van der Waals surface area (Å²) in [7, 11) is 1.79. The van der Waals surface area contributed by atoms with Gasteiger partial charge in [-0.05, 0) is 6.92 Å². The first-order chi connectivity index (χ1) is 6.70. The maximum atomic E-state index is 11.8. The van der Waals surface area contributed by atoms with Gasteiger partial charge in [0.1, 0.15) is 5.76 Å². The topological polar surface area (TPSA) is 58.4 Å². The standard InChI is InChI=1S/C9H13N3O2/c1-6-8(11-5-14-6)9(13)12(2)7-3-10-4-7/h5,7,10H,3-4H2,1-2H3. The number of carbonyl (C=O) groups is 1. The second-order valence-corrected chi connectivity index (χ2v) is 3.49. The van der Waals surface area contributed by atoms with Gasteiger partial charge < -0.3 is 14.6 Å². The van der Waals surface area contributed by atoms with Crippen LogP contribution >= 0.6 is 0 Å². The van der Waals surface area contributed by atoms with E-state index in [1.54, 1.807) is 18.9 Å². The smallest absolute Gasteiger partial charge is 0.276 e. The zero-order valence-corrected chi connectivity index (χ0v) is 8.28. The molecule has 0 radical (unpaired) electrons. The van der Waals surface area contributed by atoms with Crippen molar-refractivity contribution in [3.05, 3.63) is 17.8 Å². The number of aryl methyl sites for hydroxylation is 1. The molecule has 0 unspecified atom stereocenters. The third-order valence-corrected chi connectivity index (χ3v) is 2.58. The van der Waals surface area contributed by atoms with Gasteiger partial charge in [-0.15, -0.1) is 0 Å². The molecule has 0 saturated carbocycles. The molecule has 2 rings (SSSR count). The summed E-state index contributed by atoms with van der Waals surface area (Å²) >= 11 is 0. The molecule has 76 valence electrons. The molecule has 1 aliphatic rings. The number of amides is 1. The fourth-order valence-electron chi connectivity index (χ4n) is 1.39. The first kappa shape index (κ1) is 9.21. The molecule has 14 heavy (non-hydrogen) atoms. The summed E-state index contributed by atoms with van der Waals surface area (Å²) in [5.41, 5.74) is 0.416. The SMILES string of the molecule is Cc1ocnc1C(=O)N(C)C1CNC1. The van der Waals surface area contributed by atoms with Gasteiger partial charge in [0.15, 0.2) is 12.1 Å². The Bertz CT molecular complexity index is 344. The zero-order valence-electron chi connectivity index (χ0n) is 8.28. The molecule has 0 atom stereocenters. The summed E-state index contributed by atoms with van der Waals surface area (Å²) in [6.07, 6.45) is 1.30. The molecule has 0 bridgehead atoms. The molecule has 1 aromatic heterocycles. The minimum absolute atomic E-state index is 0.0669. The number of carbonyl (C=O) groups excluding carboxylic acids is 1. The van der Waals surface area contributed by atoms with E-state index in [9.17, 15) is 4.79 Å². The van der Waals surface area contributed by atoms with Crippen molar-refractivity contribution >= 4 is 5.91 Å². The molecule has 1 saturated heterocycles. The van der Waals surface area contributed by atoms with Gasteiger partial charge in [-0.2, -0.15) is 0 Å². The zero-order chi connectivity index (χ0) is 10.1. The molecular weight excluding hydrogens is 182 g/mol. The fourth-order valence-corrected chi connectivity index (χ4v) is 1.39. The van der Waals surface area contributed by atoms with Crippen LogP contribution in [0.2, 0.25) is 0 Å². The van der Waals surface area contributed by atoms with Crippen molar-refractivity contribution < 1.29 is 9.21 Å². The maximum absolute atomic E-state index is 11.8. The second-order valence-electron chi connectivity index (χ2n) is 3.49. The highest BCUT2D eigenvalue weighted by Gasteiger charge is 2.28. The molecule has 1 aromatic rings. The molecule has 2 heterocycles. The van der Waals surface area contributed by atoms with Gasteiger partial charge in [-0.3, -0.25) is 4.79 Å². The monoisotopic (exact) mass is 195 g/mol. The van der Waals surface area contributed by atoms with E-state index in [0.717, 1.165) is 13.1 Å². The number of hydrogen-bond acceptors (Lipinski definition) is 4. The maximum Gasteiger partial charge on any atom is 0.276 e. The first-order valence-electron chi connectivity index (χ1n) is 4.58. The van der Waals surface area contributed by atoms with Crippen molar-refractivity contribution in [2.24, 2.45) is 0 Å². The van der Waals surface area contributed by atoms with Crippen LogP contribution < -0.4 is 5.32 Å². The number of nitrogens with one attached hydrogen (secondary N) is 1. The van der Waals surface area contributed by atoms with Gasteiger partial charge >= 0.3 is 0 Å². The third kappa shape index (κ3) is 1.39. The fraction of sp³-hybridized carbons (Fsp3) is 0.556. The van der Waals surface area contributed by atoms with Crippen molar-refractivity contribution in [2.45, 2.75) is 13.0 Å². The number of aromatic nitrogens is 1. The van der Waals surface area contributed by atoms with Crippen molar-refractivity contribution in [3.63, 3.8) is 0 Å². The van der Waals surface area contributed by atoms with E-state index >= 15 is 0 Å². The van der Waals surface area contributed by atoms with Gasteiger partial charge in [0.2, 0.25) is 0 Å². The number of likely N-dealkylation sites (N-methyl/N-ethyl adjacent to an activating group) is 1. The van der Waals surface area contributed by atoms with Crippen LogP contribution in [0.1, 0.15) is 16.2 Å². The Labute approximate surface area is 82.1 Å². The lowest BCUT2D eigenvalue weighted by Gasteiger charge is -2.35. The van der Waals surface area contributed by atoms with Gasteiger partial charge in [0.05, 0.1) is 6.04 Å². The minimum Gasteiger partial charge on any atom is -0.448 e. The Morgan fingerprint density at radius 3 is 2.86 bits per heavy atom. The van der Waals surface area contributed by atoms with E-state index in [-0.39, 0.29) is 5.91 Å². The van der Waals surface area contributed by atoms with Crippen molar-refractivity contribution in [1.82, 2.24) is 15.2 Å². The lowest BCUT2D eigenvalue weighted by atomic mass is 10.1. The summed E-state index contributed by atoms with van der Waals surface area (Å²) in [5, 5.41) is 3.12. The lowest BCUT2D eigenvalue weighted by Crippen LogP contribution is -2.57. The normalized spacial score (nSPS) is 16.4. The van der Waals surface area contributed by atoms with E-state index < -0.39 is 0 Å². The van der Waals surface area contributed by atoms with Crippen LogP contribution in [0.15, 0.2) is 10.8 Å². The van der Waals surface area contributed by atoms with Crippen molar-refractivity contribution in [2.75, 3.05) is 20.1 Å². The Kier molecular flexibility index (Phi) is 2.25. The Morgan fingerprint density at radius 1 is 1.71 bits per heavy atom. The predicted molar refractivity (Wildman–Crippen MR) is 50.0 cm³/mol. The molecule has 5 nitrogen and oxygen atoms in total. The Balaban J connectivity index is 2.11.